The summed E-state index contributed by atoms with van der Waals surface area (Å²) in [5.41, 5.74) is 18.2. The number of carboxylic acids is 2. The Balaban J connectivity index is 2.28. The fourth-order valence-electron chi connectivity index (χ4n) is 4.43. The van der Waals surface area contributed by atoms with E-state index in [9.17, 15) is 34.2 Å². The second-order valence-electron chi connectivity index (χ2n) is 10.7. The molecule has 236 valence electrons. The number of aliphatic imine (C=N–C) groups is 1. The predicted octanol–water partition coefficient (Wildman–Crippen LogP) is -0.459. The summed E-state index contributed by atoms with van der Waals surface area (Å²) in [6.45, 7) is 3.84. The van der Waals surface area contributed by atoms with Gasteiger partial charge in [-0.15, -0.1) is 0 Å². The van der Waals surface area contributed by atoms with Crippen LogP contribution in [0.5, 0.6) is 0 Å². The molecular formula is C28H42N8O7. The first kappa shape index (κ1) is 34.5. The fraction of sp³-hybridized carbons (Fsp3) is 0.500. The summed E-state index contributed by atoms with van der Waals surface area (Å²) >= 11 is 0. The molecule has 4 atom stereocenters. The molecular weight excluding hydrogens is 560 g/mol. The Kier molecular flexibility index (Phi) is 13.4. The Morgan fingerprint density at radius 1 is 0.907 bits per heavy atom. The molecule has 0 aliphatic carbocycles. The van der Waals surface area contributed by atoms with Crippen LogP contribution in [-0.2, 0) is 30.4 Å². The molecule has 0 aliphatic heterocycles. The van der Waals surface area contributed by atoms with Gasteiger partial charge in [-0.2, -0.15) is 0 Å². The van der Waals surface area contributed by atoms with Gasteiger partial charge in [0.1, 0.15) is 18.1 Å². The van der Waals surface area contributed by atoms with E-state index in [0.717, 1.165) is 10.9 Å². The topological polar surface area (TPSA) is 268 Å². The SMILES string of the molecule is CC(C)CC(NC(=O)C(CCC(=O)O)NC(=O)C(Cc1c[nH]c2ccccc12)NC(=O)C(N)CCCN=C(N)N)C(=O)O. The van der Waals surface area contributed by atoms with Crippen LogP contribution in [0, 0.1) is 5.92 Å². The number of nitrogens with one attached hydrogen (secondary N) is 4. The third-order valence-electron chi connectivity index (χ3n) is 6.64. The molecule has 2 aromatic rings. The number of para-hydroxylation sites is 1. The Bertz CT molecular complexity index is 1310. The summed E-state index contributed by atoms with van der Waals surface area (Å²) in [7, 11) is 0. The van der Waals surface area contributed by atoms with Crippen LogP contribution in [0.3, 0.4) is 0 Å². The maximum Gasteiger partial charge on any atom is 0.326 e. The van der Waals surface area contributed by atoms with Gasteiger partial charge in [0.15, 0.2) is 5.96 Å². The zero-order chi connectivity index (χ0) is 32.1. The molecule has 12 N–H and O–H groups in total. The van der Waals surface area contributed by atoms with E-state index in [1.807, 2.05) is 24.3 Å². The van der Waals surface area contributed by atoms with Gasteiger partial charge in [-0.25, -0.2) is 4.79 Å². The Morgan fingerprint density at radius 2 is 1.53 bits per heavy atom. The van der Waals surface area contributed by atoms with Gasteiger partial charge in [0.25, 0.3) is 0 Å². The summed E-state index contributed by atoms with van der Waals surface area (Å²) in [5.74, 6) is -4.87. The van der Waals surface area contributed by atoms with Crippen LogP contribution in [0.25, 0.3) is 10.9 Å². The van der Waals surface area contributed by atoms with Crippen molar-refractivity contribution >= 4 is 46.5 Å². The molecule has 2 rings (SSSR count). The summed E-state index contributed by atoms with van der Waals surface area (Å²) in [6.07, 6.45) is 1.69. The number of benzene rings is 1. The summed E-state index contributed by atoms with van der Waals surface area (Å²) in [5, 5.41) is 27.1. The van der Waals surface area contributed by atoms with E-state index in [1.165, 1.54) is 0 Å². The van der Waals surface area contributed by atoms with Crippen molar-refractivity contribution in [1.82, 2.24) is 20.9 Å². The summed E-state index contributed by atoms with van der Waals surface area (Å²) < 4.78 is 0. The fourth-order valence-corrected chi connectivity index (χ4v) is 4.43. The molecule has 0 saturated heterocycles. The van der Waals surface area contributed by atoms with Crippen molar-refractivity contribution in [1.29, 1.82) is 0 Å². The minimum Gasteiger partial charge on any atom is -0.481 e. The number of carbonyl (C=O) groups is 5. The number of aliphatic carboxylic acids is 2. The molecule has 1 heterocycles. The van der Waals surface area contributed by atoms with Crippen LogP contribution in [0.2, 0.25) is 0 Å². The maximum absolute atomic E-state index is 13.6. The van der Waals surface area contributed by atoms with Crippen LogP contribution in [0.1, 0.15) is 51.5 Å². The highest BCUT2D eigenvalue weighted by Gasteiger charge is 2.31. The minimum atomic E-state index is -1.38. The lowest BCUT2D eigenvalue weighted by Crippen LogP contribution is -2.57. The Morgan fingerprint density at radius 3 is 2.16 bits per heavy atom. The second kappa shape index (κ2) is 16.7. The maximum atomic E-state index is 13.6. The van der Waals surface area contributed by atoms with Crippen LogP contribution >= 0.6 is 0 Å². The number of fused-ring (bicyclic) bond motifs is 1. The summed E-state index contributed by atoms with van der Waals surface area (Å²) in [4.78, 5) is 69.7. The van der Waals surface area contributed by atoms with Crippen molar-refractivity contribution in [2.75, 3.05) is 6.54 Å². The van der Waals surface area contributed by atoms with Gasteiger partial charge in [0.2, 0.25) is 17.7 Å². The van der Waals surface area contributed by atoms with Gasteiger partial charge < -0.3 is 48.3 Å². The number of hydrogen-bond acceptors (Lipinski definition) is 7. The number of carbonyl (C=O) groups excluding carboxylic acids is 3. The van der Waals surface area contributed by atoms with Crippen LogP contribution < -0.4 is 33.2 Å². The highest BCUT2D eigenvalue weighted by atomic mass is 16.4. The standard InChI is InChI=1S/C28H42N8O7/c1-15(2)12-22(27(42)43)36-25(40)20(9-10-23(37)38)34-26(41)21(13-16-14-33-19-8-4-3-6-17(16)19)35-24(39)18(29)7-5-11-32-28(30)31/h3-4,6,8,14-15,18,20-22,33H,5,7,9-13,29H2,1-2H3,(H,34,41)(H,35,39)(H,36,40)(H,37,38)(H,42,43)(H4,30,31,32). The molecule has 0 fully saturated rings. The number of hydrogen-bond donors (Lipinski definition) is 9. The molecule has 4 unspecified atom stereocenters. The number of H-pyrrole nitrogens is 1. The predicted molar refractivity (Wildman–Crippen MR) is 160 cm³/mol. The van der Waals surface area contributed by atoms with Gasteiger partial charge in [0.05, 0.1) is 6.04 Å². The lowest BCUT2D eigenvalue weighted by molar-refractivity contribution is -0.143. The van der Waals surface area contributed by atoms with Crippen molar-refractivity contribution in [3.63, 3.8) is 0 Å². The number of amides is 3. The normalized spacial score (nSPS) is 13.9. The number of aromatic nitrogens is 1. The molecule has 3 amide bonds. The van der Waals surface area contributed by atoms with Crippen molar-refractivity contribution in [3.05, 3.63) is 36.0 Å². The number of nitrogens with two attached hydrogens (primary N) is 3. The molecule has 15 heteroatoms. The van der Waals surface area contributed by atoms with E-state index in [0.29, 0.717) is 12.0 Å². The summed E-state index contributed by atoms with van der Waals surface area (Å²) in [6, 6.07) is 2.53. The zero-order valence-corrected chi connectivity index (χ0v) is 24.3. The highest BCUT2D eigenvalue weighted by Crippen LogP contribution is 2.19. The molecule has 0 radical (unpaired) electrons. The van der Waals surface area contributed by atoms with E-state index in [2.05, 4.69) is 25.9 Å². The quantitative estimate of drug-likeness (QED) is 0.0602. The van der Waals surface area contributed by atoms with E-state index in [1.54, 1.807) is 20.0 Å². The van der Waals surface area contributed by atoms with Crippen molar-refractivity contribution in [2.45, 2.75) is 76.5 Å². The first-order valence-corrected chi connectivity index (χ1v) is 14.0. The van der Waals surface area contributed by atoms with Gasteiger partial charge in [-0.05, 0) is 43.2 Å². The lowest BCUT2D eigenvalue weighted by atomic mass is 10.0. The van der Waals surface area contributed by atoms with Crippen LogP contribution in [0.15, 0.2) is 35.5 Å². The average Bonchev–Trinajstić information content (AvgIpc) is 3.34. The van der Waals surface area contributed by atoms with Gasteiger partial charge in [-0.3, -0.25) is 24.2 Å². The Labute approximate surface area is 249 Å². The number of nitrogens with zero attached hydrogens (tertiary/aromatic N) is 1. The van der Waals surface area contributed by atoms with Gasteiger partial charge in [0, 0.05) is 36.5 Å². The van der Waals surface area contributed by atoms with Gasteiger partial charge >= 0.3 is 11.9 Å². The lowest BCUT2D eigenvalue weighted by Gasteiger charge is -2.25. The molecule has 0 aliphatic rings. The van der Waals surface area contributed by atoms with Crippen LogP contribution in [0.4, 0.5) is 0 Å². The third-order valence-corrected chi connectivity index (χ3v) is 6.64. The zero-order valence-electron chi connectivity index (χ0n) is 24.3. The first-order valence-electron chi connectivity index (χ1n) is 14.0. The first-order chi connectivity index (χ1) is 20.3. The van der Waals surface area contributed by atoms with Gasteiger partial charge in [-0.1, -0.05) is 32.0 Å². The smallest absolute Gasteiger partial charge is 0.326 e. The minimum absolute atomic E-state index is 0.0146. The number of rotatable bonds is 18. The number of carboxylic acid groups (broad SMARTS) is 2. The molecule has 1 aromatic heterocycles. The molecule has 1 aromatic carbocycles. The third kappa shape index (κ3) is 11.6. The van der Waals surface area contributed by atoms with E-state index < -0.39 is 60.2 Å². The highest BCUT2D eigenvalue weighted by molar-refractivity contribution is 5.95. The van der Waals surface area contributed by atoms with E-state index in [4.69, 9.17) is 17.2 Å². The molecule has 43 heavy (non-hydrogen) atoms. The van der Waals surface area contributed by atoms with Crippen molar-refractivity contribution in [2.24, 2.45) is 28.1 Å². The van der Waals surface area contributed by atoms with Crippen molar-refractivity contribution in [3.8, 4) is 0 Å². The molecule has 0 saturated carbocycles. The molecule has 0 spiro atoms. The number of aromatic amines is 1. The van der Waals surface area contributed by atoms with Crippen LogP contribution in [-0.4, -0.2) is 81.5 Å². The molecule has 0 bridgehead atoms. The van der Waals surface area contributed by atoms with Crippen molar-refractivity contribution < 1.29 is 34.2 Å². The average molecular weight is 603 g/mol. The molecule has 15 nitrogen and oxygen atoms in total. The van der Waals surface area contributed by atoms with E-state index in [-0.39, 0.29) is 44.1 Å². The number of guanidine groups is 1. The second-order valence-corrected chi connectivity index (χ2v) is 10.7. The largest absolute Gasteiger partial charge is 0.481 e. The monoisotopic (exact) mass is 602 g/mol. The van der Waals surface area contributed by atoms with E-state index >= 15 is 0 Å². The Hall–Kier alpha value is -4.66.